The van der Waals surface area contributed by atoms with Crippen LogP contribution >= 0.6 is 0 Å². The van der Waals surface area contributed by atoms with E-state index in [1.807, 2.05) is 18.2 Å². The number of hydrogen-bond acceptors (Lipinski definition) is 2. The zero-order valence-corrected chi connectivity index (χ0v) is 22.8. The van der Waals surface area contributed by atoms with Crippen LogP contribution in [0.4, 0.5) is 0 Å². The van der Waals surface area contributed by atoms with Gasteiger partial charge in [-0.3, -0.25) is 0 Å². The second-order valence-electron chi connectivity index (χ2n) is 8.88. The maximum absolute atomic E-state index is 11.1. The summed E-state index contributed by atoms with van der Waals surface area (Å²) in [5, 5.41) is 0. The number of rotatable bonds is 19. The second-order valence-corrected chi connectivity index (χ2v) is 22.9. The fraction of sp³-hybridized carbons (Fsp3) is 0.667. The minimum absolute atomic E-state index is 0.0286. The fourth-order valence-corrected chi connectivity index (χ4v) is 19.5. The molecule has 1 aromatic rings. The topological polar surface area (TPSA) is 26.3 Å². The van der Waals surface area contributed by atoms with Gasteiger partial charge in [-0.2, -0.15) is 0 Å². The molecule has 0 saturated carbocycles. The Kier molecular flexibility index (Phi) is 16.5. The summed E-state index contributed by atoms with van der Waals surface area (Å²) in [5.74, 6) is 0. The summed E-state index contributed by atoms with van der Waals surface area (Å²) >= 11 is -2.04. The molecule has 1 atom stereocenters. The van der Waals surface area contributed by atoms with E-state index in [2.05, 4.69) is 45.1 Å². The van der Waals surface area contributed by atoms with Gasteiger partial charge in [0.25, 0.3) is 0 Å². The van der Waals surface area contributed by atoms with Gasteiger partial charge in [0, 0.05) is 0 Å². The van der Waals surface area contributed by atoms with Crippen LogP contribution in [0.1, 0.15) is 84.1 Å². The molecule has 1 unspecified atom stereocenters. The van der Waals surface area contributed by atoms with Gasteiger partial charge in [-0.1, -0.05) is 0 Å². The number of hydrogen-bond donors (Lipinski definition) is 0. The molecule has 0 N–H and O–H groups in total. The van der Waals surface area contributed by atoms with Crippen molar-refractivity contribution in [3.8, 4) is 0 Å². The summed E-state index contributed by atoms with van der Waals surface area (Å²) in [4.78, 5) is 11.1. The minimum atomic E-state index is -2.04. The third-order valence-corrected chi connectivity index (χ3v) is 21.5. The molecule has 0 amide bonds. The van der Waals surface area contributed by atoms with Crippen LogP contribution in [0.5, 0.6) is 0 Å². The van der Waals surface area contributed by atoms with Crippen molar-refractivity contribution >= 4 is 24.7 Å². The third kappa shape index (κ3) is 12.3. The fourth-order valence-electron chi connectivity index (χ4n) is 4.23. The molecule has 0 fully saturated rings. The van der Waals surface area contributed by atoms with Crippen LogP contribution in [0.2, 0.25) is 17.7 Å². The normalized spacial score (nSPS) is 13.0. The SMILES string of the molecule is CCC[CH2][Sn]([CH2]/C=C\CCC(CC=O)OCc1ccccc1)([CH2]CCC)[CH2]CCC. The molecule has 1 aromatic carbocycles. The average molecular weight is 521 g/mol. The Hall–Kier alpha value is -0.611. The van der Waals surface area contributed by atoms with E-state index >= 15 is 0 Å². The van der Waals surface area contributed by atoms with Crippen molar-refractivity contribution in [1.29, 1.82) is 0 Å². The monoisotopic (exact) mass is 522 g/mol. The van der Waals surface area contributed by atoms with Gasteiger partial charge in [0.15, 0.2) is 0 Å². The summed E-state index contributed by atoms with van der Waals surface area (Å²) in [6.45, 7) is 7.62. The van der Waals surface area contributed by atoms with E-state index in [1.165, 1.54) is 48.5 Å². The van der Waals surface area contributed by atoms with E-state index in [1.54, 1.807) is 13.3 Å². The molecule has 0 aromatic heterocycles. The number of benzene rings is 1. The van der Waals surface area contributed by atoms with Crippen molar-refractivity contribution < 1.29 is 9.53 Å². The molecule has 3 heteroatoms. The molecule has 0 heterocycles. The standard InChI is InChI=1S/C15H19O2.3C4H9.Sn/c1-2-3-5-10-15(11-12-16)17-13-14-8-6-4-7-9-14;3*1-3-4-2;/h2-4,6-9,12,15H,1,5,10-11,13H2;3*1,3-4H2,2H3;/b3-2-;;;;. The van der Waals surface area contributed by atoms with Gasteiger partial charge in [-0.15, -0.1) is 0 Å². The first-order valence-electron chi connectivity index (χ1n) is 12.4. The van der Waals surface area contributed by atoms with E-state index < -0.39 is 18.4 Å². The zero-order valence-electron chi connectivity index (χ0n) is 19.9. The first-order valence-corrected chi connectivity index (χ1v) is 20.5. The summed E-state index contributed by atoms with van der Waals surface area (Å²) in [5.41, 5.74) is 1.17. The van der Waals surface area contributed by atoms with Gasteiger partial charge < -0.3 is 0 Å². The molecule has 0 bridgehead atoms. The van der Waals surface area contributed by atoms with E-state index in [0.717, 1.165) is 19.1 Å². The van der Waals surface area contributed by atoms with Crippen LogP contribution in [-0.4, -0.2) is 30.8 Å². The van der Waals surface area contributed by atoms with Crippen molar-refractivity contribution in [3.05, 3.63) is 48.0 Å². The van der Waals surface area contributed by atoms with Crippen LogP contribution in [0.15, 0.2) is 42.5 Å². The maximum atomic E-state index is 11.1. The predicted octanol–water partition coefficient (Wildman–Crippen LogP) is 8.35. The van der Waals surface area contributed by atoms with E-state index in [0.29, 0.717) is 13.0 Å². The predicted molar refractivity (Wildman–Crippen MR) is 134 cm³/mol. The Morgan fingerprint density at radius 2 is 1.50 bits per heavy atom. The molecular formula is C27H46O2Sn. The Balaban J connectivity index is 2.55. The van der Waals surface area contributed by atoms with Crippen molar-refractivity contribution in [2.45, 2.75) is 109 Å². The van der Waals surface area contributed by atoms with Gasteiger partial charge in [0.2, 0.25) is 0 Å². The zero-order chi connectivity index (χ0) is 21.9. The van der Waals surface area contributed by atoms with Crippen molar-refractivity contribution in [2.75, 3.05) is 0 Å². The number of carbonyl (C=O) groups is 1. The van der Waals surface area contributed by atoms with Crippen LogP contribution in [-0.2, 0) is 16.1 Å². The molecule has 170 valence electrons. The van der Waals surface area contributed by atoms with Gasteiger partial charge >= 0.3 is 191 Å². The Morgan fingerprint density at radius 3 is 2.03 bits per heavy atom. The molecule has 1 rings (SSSR count). The van der Waals surface area contributed by atoms with Crippen LogP contribution in [0.25, 0.3) is 0 Å². The Morgan fingerprint density at radius 1 is 0.900 bits per heavy atom. The summed E-state index contributed by atoms with van der Waals surface area (Å²) < 4.78 is 12.2. The van der Waals surface area contributed by atoms with E-state index in [-0.39, 0.29) is 6.10 Å². The van der Waals surface area contributed by atoms with Crippen LogP contribution in [0.3, 0.4) is 0 Å². The number of allylic oxidation sites excluding steroid dienone is 2. The van der Waals surface area contributed by atoms with Gasteiger partial charge in [0.1, 0.15) is 0 Å². The molecule has 0 spiro atoms. The Bertz CT molecular complexity index is 533. The number of ether oxygens (including phenoxy) is 1. The number of unbranched alkanes of at least 4 members (excludes halogenated alkanes) is 3. The van der Waals surface area contributed by atoms with E-state index in [4.69, 9.17) is 4.74 Å². The third-order valence-electron chi connectivity index (χ3n) is 6.24. The molecule has 0 aliphatic carbocycles. The van der Waals surface area contributed by atoms with Crippen molar-refractivity contribution in [1.82, 2.24) is 0 Å². The molecule has 0 saturated heterocycles. The molecule has 30 heavy (non-hydrogen) atoms. The number of aldehydes is 1. The first-order chi connectivity index (χ1) is 14.7. The van der Waals surface area contributed by atoms with Crippen LogP contribution < -0.4 is 0 Å². The number of carbonyl (C=O) groups excluding carboxylic acids is 1. The van der Waals surface area contributed by atoms with Crippen molar-refractivity contribution in [2.24, 2.45) is 0 Å². The van der Waals surface area contributed by atoms with Crippen LogP contribution in [0, 0.1) is 0 Å². The van der Waals surface area contributed by atoms with Gasteiger partial charge in [-0.25, -0.2) is 0 Å². The molecule has 0 aliphatic heterocycles. The average Bonchev–Trinajstić information content (AvgIpc) is 2.78. The molecular weight excluding hydrogens is 475 g/mol. The summed E-state index contributed by atoms with van der Waals surface area (Å²) in [6, 6.07) is 10.2. The second kappa shape index (κ2) is 18.0. The van der Waals surface area contributed by atoms with Gasteiger partial charge in [0.05, 0.1) is 0 Å². The summed E-state index contributed by atoms with van der Waals surface area (Å²) in [6.07, 6.45) is 16.7. The Labute approximate surface area is 190 Å². The molecule has 2 nitrogen and oxygen atoms in total. The van der Waals surface area contributed by atoms with Crippen molar-refractivity contribution in [3.63, 3.8) is 0 Å². The quantitative estimate of drug-likeness (QED) is 0.104. The van der Waals surface area contributed by atoms with E-state index in [9.17, 15) is 4.79 Å². The molecule has 0 radical (unpaired) electrons. The first kappa shape index (κ1) is 27.4. The van der Waals surface area contributed by atoms with Gasteiger partial charge in [-0.05, 0) is 0 Å². The molecule has 0 aliphatic rings. The summed E-state index contributed by atoms with van der Waals surface area (Å²) in [7, 11) is 0.